The lowest BCUT2D eigenvalue weighted by atomic mass is 10.2. The second-order valence-corrected chi connectivity index (χ2v) is 4.57. The van der Waals surface area contributed by atoms with Gasteiger partial charge >= 0.3 is 0 Å². The minimum Gasteiger partial charge on any atom is -0.330 e. The number of halogens is 2. The van der Waals surface area contributed by atoms with Crippen molar-refractivity contribution in [3.8, 4) is 11.4 Å². The molecule has 1 heterocycles. The number of H-pyrrole nitrogens is 1. The molecule has 0 spiro atoms. The van der Waals surface area contributed by atoms with Gasteiger partial charge in [-0.05, 0) is 24.7 Å². The van der Waals surface area contributed by atoms with Crippen molar-refractivity contribution in [2.45, 2.75) is 6.42 Å². The second kappa shape index (κ2) is 5.52. The van der Waals surface area contributed by atoms with Gasteiger partial charge in [-0.15, -0.1) is 0 Å². The maximum absolute atomic E-state index is 11.5. The summed E-state index contributed by atoms with van der Waals surface area (Å²) in [6.07, 6.45) is 0.554. The monoisotopic (exact) mass is 283 g/mol. The Morgan fingerprint density at radius 2 is 2.00 bits per heavy atom. The lowest BCUT2D eigenvalue weighted by Gasteiger charge is -2.05. The molecule has 0 aliphatic heterocycles. The van der Waals surface area contributed by atoms with Crippen molar-refractivity contribution in [1.29, 1.82) is 0 Å². The molecule has 2 aromatic rings. The fraction of sp³-hybridized carbons (Fsp3) is 0.167. The second-order valence-electron chi connectivity index (χ2n) is 3.75. The standard InChI is InChI=1S/C12H11Cl2N3O/c13-9-2-1-7(5-10(9)14)12-16-8(3-4-15)6-11(18)17-12/h1-2,5-6H,3-4,15H2,(H,16,17,18). The molecular weight excluding hydrogens is 273 g/mol. The summed E-state index contributed by atoms with van der Waals surface area (Å²) in [4.78, 5) is 18.5. The Kier molecular flexibility index (Phi) is 4.01. The van der Waals surface area contributed by atoms with Crippen LogP contribution in [0.5, 0.6) is 0 Å². The van der Waals surface area contributed by atoms with Crippen molar-refractivity contribution >= 4 is 23.2 Å². The Morgan fingerprint density at radius 1 is 1.22 bits per heavy atom. The van der Waals surface area contributed by atoms with Crippen LogP contribution in [-0.2, 0) is 6.42 Å². The highest BCUT2D eigenvalue weighted by Crippen LogP contribution is 2.26. The number of hydrogen-bond donors (Lipinski definition) is 2. The van der Waals surface area contributed by atoms with Crippen LogP contribution < -0.4 is 11.3 Å². The fourth-order valence-corrected chi connectivity index (χ4v) is 1.86. The van der Waals surface area contributed by atoms with Crippen LogP contribution in [0.3, 0.4) is 0 Å². The van der Waals surface area contributed by atoms with E-state index in [0.29, 0.717) is 40.1 Å². The molecule has 4 nitrogen and oxygen atoms in total. The van der Waals surface area contributed by atoms with Crippen molar-refractivity contribution in [3.63, 3.8) is 0 Å². The van der Waals surface area contributed by atoms with E-state index in [-0.39, 0.29) is 5.56 Å². The molecule has 94 valence electrons. The zero-order valence-electron chi connectivity index (χ0n) is 9.41. The average molecular weight is 284 g/mol. The predicted molar refractivity (Wildman–Crippen MR) is 73.1 cm³/mol. The highest BCUT2D eigenvalue weighted by Gasteiger charge is 2.06. The van der Waals surface area contributed by atoms with Gasteiger partial charge in [0.05, 0.1) is 10.0 Å². The molecule has 0 unspecified atom stereocenters. The van der Waals surface area contributed by atoms with Crippen LogP contribution in [0.4, 0.5) is 0 Å². The van der Waals surface area contributed by atoms with Gasteiger partial charge in [-0.3, -0.25) is 4.79 Å². The summed E-state index contributed by atoms with van der Waals surface area (Å²) in [5.41, 5.74) is 6.60. The van der Waals surface area contributed by atoms with E-state index in [1.165, 1.54) is 6.07 Å². The van der Waals surface area contributed by atoms with Crippen LogP contribution in [0.1, 0.15) is 5.69 Å². The Bertz CT molecular complexity index is 625. The summed E-state index contributed by atoms with van der Waals surface area (Å²) >= 11 is 11.8. The zero-order chi connectivity index (χ0) is 13.1. The van der Waals surface area contributed by atoms with Gasteiger partial charge in [0.25, 0.3) is 5.56 Å². The summed E-state index contributed by atoms with van der Waals surface area (Å²) in [6.45, 7) is 0.442. The van der Waals surface area contributed by atoms with Gasteiger partial charge in [-0.25, -0.2) is 4.98 Å². The smallest absolute Gasteiger partial charge is 0.251 e. The first kappa shape index (κ1) is 13.1. The first-order valence-corrected chi connectivity index (χ1v) is 6.11. The van der Waals surface area contributed by atoms with E-state index in [9.17, 15) is 4.79 Å². The molecular formula is C12H11Cl2N3O. The predicted octanol–water partition coefficient (Wildman–Crippen LogP) is 2.24. The van der Waals surface area contributed by atoms with E-state index in [2.05, 4.69) is 9.97 Å². The number of benzene rings is 1. The lowest BCUT2D eigenvalue weighted by Crippen LogP contribution is -2.13. The van der Waals surface area contributed by atoms with Gasteiger partial charge in [-0.2, -0.15) is 0 Å². The van der Waals surface area contributed by atoms with E-state index < -0.39 is 0 Å². The third kappa shape index (κ3) is 2.90. The highest BCUT2D eigenvalue weighted by molar-refractivity contribution is 6.42. The number of nitrogens with zero attached hydrogens (tertiary/aromatic N) is 1. The van der Waals surface area contributed by atoms with Crippen LogP contribution in [0.25, 0.3) is 11.4 Å². The largest absolute Gasteiger partial charge is 0.330 e. The molecule has 6 heteroatoms. The first-order valence-electron chi connectivity index (χ1n) is 5.36. The molecule has 0 saturated heterocycles. The quantitative estimate of drug-likeness (QED) is 0.908. The van der Waals surface area contributed by atoms with E-state index in [0.717, 1.165) is 0 Å². The number of aromatic amines is 1. The first-order chi connectivity index (χ1) is 8.60. The molecule has 2 rings (SSSR count). The Balaban J connectivity index is 2.49. The van der Waals surface area contributed by atoms with Gasteiger partial charge < -0.3 is 10.7 Å². The van der Waals surface area contributed by atoms with Crippen molar-refractivity contribution in [3.05, 3.63) is 50.4 Å². The number of aromatic nitrogens is 2. The minimum atomic E-state index is -0.213. The molecule has 0 aliphatic carbocycles. The van der Waals surface area contributed by atoms with E-state index in [1.807, 2.05) is 0 Å². The number of nitrogens with one attached hydrogen (secondary N) is 1. The third-order valence-electron chi connectivity index (χ3n) is 2.39. The molecule has 0 saturated carbocycles. The Hall–Kier alpha value is -1.36. The summed E-state index contributed by atoms with van der Waals surface area (Å²) in [7, 11) is 0. The number of nitrogens with two attached hydrogens (primary N) is 1. The van der Waals surface area contributed by atoms with E-state index >= 15 is 0 Å². The molecule has 0 aliphatic rings. The van der Waals surface area contributed by atoms with Gasteiger partial charge in [0.2, 0.25) is 0 Å². The maximum atomic E-state index is 11.5. The molecule has 0 radical (unpaired) electrons. The zero-order valence-corrected chi connectivity index (χ0v) is 10.9. The van der Waals surface area contributed by atoms with Crippen LogP contribution in [-0.4, -0.2) is 16.5 Å². The summed E-state index contributed by atoms with van der Waals surface area (Å²) in [5, 5.41) is 0.877. The summed E-state index contributed by atoms with van der Waals surface area (Å²) < 4.78 is 0. The molecule has 3 N–H and O–H groups in total. The minimum absolute atomic E-state index is 0.213. The Morgan fingerprint density at radius 3 is 2.67 bits per heavy atom. The topological polar surface area (TPSA) is 71.8 Å². The summed E-state index contributed by atoms with van der Waals surface area (Å²) in [5.74, 6) is 0.463. The lowest BCUT2D eigenvalue weighted by molar-refractivity contribution is 0.906. The molecule has 0 fully saturated rings. The molecule has 1 aromatic carbocycles. The van der Waals surface area contributed by atoms with Crippen molar-refractivity contribution in [2.75, 3.05) is 6.54 Å². The molecule has 0 atom stereocenters. The fourth-order valence-electron chi connectivity index (χ4n) is 1.56. The molecule has 0 bridgehead atoms. The number of hydrogen-bond acceptors (Lipinski definition) is 3. The molecule has 1 aromatic heterocycles. The summed E-state index contributed by atoms with van der Waals surface area (Å²) in [6, 6.07) is 6.51. The van der Waals surface area contributed by atoms with Gasteiger partial charge in [0.1, 0.15) is 5.82 Å². The SMILES string of the molecule is NCCc1cc(=O)[nH]c(-c2ccc(Cl)c(Cl)c2)n1. The molecule has 0 amide bonds. The average Bonchev–Trinajstić information content (AvgIpc) is 2.32. The van der Waals surface area contributed by atoms with Crippen LogP contribution >= 0.6 is 23.2 Å². The van der Waals surface area contributed by atoms with Gasteiger partial charge in [0.15, 0.2) is 0 Å². The van der Waals surface area contributed by atoms with Crippen molar-refractivity contribution < 1.29 is 0 Å². The molecule has 18 heavy (non-hydrogen) atoms. The highest BCUT2D eigenvalue weighted by atomic mass is 35.5. The maximum Gasteiger partial charge on any atom is 0.251 e. The van der Waals surface area contributed by atoms with E-state index in [1.54, 1.807) is 18.2 Å². The van der Waals surface area contributed by atoms with Gasteiger partial charge in [-0.1, -0.05) is 23.2 Å². The van der Waals surface area contributed by atoms with Crippen LogP contribution in [0.2, 0.25) is 10.0 Å². The Labute approximate surface area is 114 Å². The number of rotatable bonds is 3. The van der Waals surface area contributed by atoms with Crippen LogP contribution in [0, 0.1) is 0 Å². The van der Waals surface area contributed by atoms with Crippen molar-refractivity contribution in [2.24, 2.45) is 5.73 Å². The van der Waals surface area contributed by atoms with Gasteiger partial charge in [0, 0.05) is 23.7 Å². The van der Waals surface area contributed by atoms with Crippen LogP contribution in [0.15, 0.2) is 29.1 Å². The third-order valence-corrected chi connectivity index (χ3v) is 3.13. The van der Waals surface area contributed by atoms with E-state index in [4.69, 9.17) is 28.9 Å². The normalized spacial score (nSPS) is 10.6. The van der Waals surface area contributed by atoms with Crippen molar-refractivity contribution in [1.82, 2.24) is 9.97 Å².